The lowest BCUT2D eigenvalue weighted by molar-refractivity contribution is -0.140. The van der Waals surface area contributed by atoms with Gasteiger partial charge in [0.15, 0.2) is 0 Å². The summed E-state index contributed by atoms with van der Waals surface area (Å²) >= 11 is 0. The first-order valence-corrected chi connectivity index (χ1v) is 8.54. The first-order valence-electron chi connectivity index (χ1n) is 6.89. The average Bonchev–Trinajstić information content (AvgIpc) is 2.40. The van der Waals surface area contributed by atoms with Crippen LogP contribution in [0.4, 0.5) is 0 Å². The van der Waals surface area contributed by atoms with E-state index in [1.807, 2.05) is 39.0 Å². The molecule has 0 aliphatic rings. The van der Waals surface area contributed by atoms with Crippen LogP contribution in [0.15, 0.2) is 18.2 Å². The smallest absolute Gasteiger partial charge is 0.305 e. The molecule has 0 aliphatic carbocycles. The van der Waals surface area contributed by atoms with E-state index in [0.717, 1.165) is 16.7 Å². The van der Waals surface area contributed by atoms with Gasteiger partial charge in [0, 0.05) is 12.5 Å². The van der Waals surface area contributed by atoms with Crippen molar-refractivity contribution in [3.8, 4) is 0 Å². The summed E-state index contributed by atoms with van der Waals surface area (Å²) in [7, 11) is -2.13. The van der Waals surface area contributed by atoms with E-state index in [1.54, 1.807) is 0 Å². The highest BCUT2D eigenvalue weighted by Crippen LogP contribution is 2.19. The molecule has 0 fully saturated rings. The number of methoxy groups -OCH3 is 1. The van der Waals surface area contributed by atoms with E-state index in [9.17, 15) is 13.2 Å². The first kappa shape index (κ1) is 17.7. The molecule has 1 atom stereocenters. The van der Waals surface area contributed by atoms with Crippen LogP contribution < -0.4 is 4.72 Å². The molecule has 0 spiro atoms. The third-order valence-electron chi connectivity index (χ3n) is 3.28. The molecule has 0 bridgehead atoms. The van der Waals surface area contributed by atoms with Crippen molar-refractivity contribution in [3.63, 3.8) is 0 Å². The Hall–Kier alpha value is -1.40. The van der Waals surface area contributed by atoms with E-state index in [-0.39, 0.29) is 24.6 Å². The number of ether oxygens (including phenoxy) is 1. The molecule has 118 valence electrons. The van der Waals surface area contributed by atoms with E-state index in [4.69, 9.17) is 0 Å². The van der Waals surface area contributed by atoms with Crippen LogP contribution in [0.25, 0.3) is 0 Å². The van der Waals surface area contributed by atoms with Gasteiger partial charge in [-0.05, 0) is 38.3 Å². The molecule has 1 unspecified atom stereocenters. The van der Waals surface area contributed by atoms with Crippen molar-refractivity contribution in [2.45, 2.75) is 39.7 Å². The Kier molecular flexibility index (Phi) is 6.36. The Bertz CT molecular complexity index is 596. The lowest BCUT2D eigenvalue weighted by atomic mass is 10.0. The Morgan fingerprint density at radius 1 is 1.33 bits per heavy atom. The fraction of sp³-hybridized carbons (Fsp3) is 0.533. The van der Waals surface area contributed by atoms with E-state index >= 15 is 0 Å². The van der Waals surface area contributed by atoms with Crippen molar-refractivity contribution in [3.05, 3.63) is 34.9 Å². The molecule has 0 aliphatic heterocycles. The second kappa shape index (κ2) is 7.56. The summed E-state index contributed by atoms with van der Waals surface area (Å²) in [4.78, 5) is 11.0. The molecule has 1 aromatic rings. The van der Waals surface area contributed by atoms with Crippen molar-refractivity contribution in [1.29, 1.82) is 0 Å². The van der Waals surface area contributed by atoms with Crippen LogP contribution >= 0.6 is 0 Å². The molecule has 1 rings (SSSR count). The number of hydrogen-bond acceptors (Lipinski definition) is 4. The zero-order valence-corrected chi connectivity index (χ0v) is 13.8. The number of benzene rings is 1. The van der Waals surface area contributed by atoms with Gasteiger partial charge < -0.3 is 4.74 Å². The molecule has 1 N–H and O–H groups in total. The normalized spacial score (nSPS) is 13.0. The number of esters is 1. The van der Waals surface area contributed by atoms with Crippen LogP contribution in [0.5, 0.6) is 0 Å². The zero-order chi connectivity index (χ0) is 16.0. The van der Waals surface area contributed by atoms with Gasteiger partial charge in [-0.1, -0.05) is 23.8 Å². The molecular weight excluding hydrogens is 290 g/mol. The van der Waals surface area contributed by atoms with Gasteiger partial charge in [0.05, 0.1) is 12.9 Å². The largest absolute Gasteiger partial charge is 0.469 e. The van der Waals surface area contributed by atoms with Crippen LogP contribution in [0.1, 0.15) is 42.5 Å². The lowest BCUT2D eigenvalue weighted by Gasteiger charge is -2.17. The second-order valence-electron chi connectivity index (χ2n) is 5.20. The Labute approximate surface area is 126 Å². The maximum absolute atomic E-state index is 12.0. The first-order chi connectivity index (χ1) is 9.75. The molecule has 21 heavy (non-hydrogen) atoms. The molecule has 5 nitrogen and oxygen atoms in total. The minimum atomic E-state index is -3.42. The number of hydrogen-bond donors (Lipinski definition) is 1. The molecule has 1 aromatic carbocycles. The molecule has 0 saturated carbocycles. The molecule has 0 aromatic heterocycles. The summed E-state index contributed by atoms with van der Waals surface area (Å²) in [6.45, 7) is 5.75. The quantitative estimate of drug-likeness (QED) is 0.784. The zero-order valence-electron chi connectivity index (χ0n) is 13.0. The highest BCUT2D eigenvalue weighted by molar-refractivity contribution is 7.89. The minimum Gasteiger partial charge on any atom is -0.469 e. The van der Waals surface area contributed by atoms with Crippen molar-refractivity contribution in [1.82, 2.24) is 4.72 Å². The third-order valence-corrected chi connectivity index (χ3v) is 4.82. The summed E-state index contributed by atoms with van der Waals surface area (Å²) in [5, 5.41) is 0. The monoisotopic (exact) mass is 313 g/mol. The molecule has 0 saturated heterocycles. The number of sulfonamides is 1. The highest BCUT2D eigenvalue weighted by atomic mass is 32.2. The predicted octanol–water partition coefficient (Wildman–Crippen LogP) is 2.24. The van der Waals surface area contributed by atoms with Crippen molar-refractivity contribution in [2.24, 2.45) is 0 Å². The Morgan fingerprint density at radius 3 is 2.62 bits per heavy atom. The van der Waals surface area contributed by atoms with Crippen molar-refractivity contribution in [2.75, 3.05) is 12.9 Å². The Morgan fingerprint density at radius 2 is 2.00 bits per heavy atom. The topological polar surface area (TPSA) is 72.5 Å². The summed E-state index contributed by atoms with van der Waals surface area (Å²) in [6, 6.07) is 5.66. The van der Waals surface area contributed by atoms with Gasteiger partial charge in [-0.25, -0.2) is 13.1 Å². The van der Waals surface area contributed by atoms with Gasteiger partial charge in [0.25, 0.3) is 0 Å². The number of carbonyl (C=O) groups excluding carboxylic acids is 1. The number of nitrogens with one attached hydrogen (secondary N) is 1. The molecule has 0 radical (unpaired) electrons. The maximum atomic E-state index is 12.0. The van der Waals surface area contributed by atoms with Crippen LogP contribution in [-0.4, -0.2) is 27.2 Å². The van der Waals surface area contributed by atoms with Gasteiger partial charge in [-0.2, -0.15) is 0 Å². The summed E-state index contributed by atoms with van der Waals surface area (Å²) in [6.07, 6.45) is 0.358. The number of aryl methyl sites for hydroxylation is 2. The highest BCUT2D eigenvalue weighted by Gasteiger charge is 2.17. The fourth-order valence-electron chi connectivity index (χ4n) is 2.13. The summed E-state index contributed by atoms with van der Waals surface area (Å²) < 4.78 is 31.2. The summed E-state index contributed by atoms with van der Waals surface area (Å²) in [5.74, 6) is -0.482. The Balaban J connectivity index is 2.66. The van der Waals surface area contributed by atoms with E-state index in [1.165, 1.54) is 7.11 Å². The van der Waals surface area contributed by atoms with Crippen LogP contribution in [-0.2, 0) is 19.6 Å². The maximum Gasteiger partial charge on any atom is 0.305 e. The predicted molar refractivity (Wildman–Crippen MR) is 82.5 cm³/mol. The van der Waals surface area contributed by atoms with Crippen LogP contribution in [0.3, 0.4) is 0 Å². The van der Waals surface area contributed by atoms with Crippen LogP contribution in [0, 0.1) is 13.8 Å². The summed E-state index contributed by atoms with van der Waals surface area (Å²) in [5.41, 5.74) is 3.10. The molecular formula is C15H23NO4S. The van der Waals surface area contributed by atoms with Gasteiger partial charge in [-0.3, -0.25) is 4.79 Å². The minimum absolute atomic E-state index is 0.0860. The second-order valence-corrected chi connectivity index (χ2v) is 7.07. The molecule has 6 heteroatoms. The van der Waals surface area contributed by atoms with Crippen molar-refractivity contribution >= 4 is 16.0 Å². The number of rotatable bonds is 7. The molecule has 0 amide bonds. The van der Waals surface area contributed by atoms with E-state index in [2.05, 4.69) is 9.46 Å². The van der Waals surface area contributed by atoms with Crippen LogP contribution in [0.2, 0.25) is 0 Å². The number of carbonyl (C=O) groups is 1. The molecule has 0 heterocycles. The van der Waals surface area contributed by atoms with Gasteiger partial charge in [-0.15, -0.1) is 0 Å². The SMILES string of the molecule is COC(=O)CCCS(=O)(=O)NC(C)c1cc(C)ccc1C. The third kappa shape index (κ3) is 5.85. The van der Waals surface area contributed by atoms with E-state index < -0.39 is 16.0 Å². The fourth-order valence-corrected chi connectivity index (χ4v) is 3.43. The van der Waals surface area contributed by atoms with Gasteiger partial charge >= 0.3 is 5.97 Å². The van der Waals surface area contributed by atoms with E-state index in [0.29, 0.717) is 0 Å². The van der Waals surface area contributed by atoms with Crippen molar-refractivity contribution < 1.29 is 17.9 Å². The average molecular weight is 313 g/mol. The van der Waals surface area contributed by atoms with Gasteiger partial charge in [0.1, 0.15) is 0 Å². The lowest BCUT2D eigenvalue weighted by Crippen LogP contribution is -2.29. The standard InChI is InChI=1S/C15H23NO4S/c1-11-7-8-12(2)14(10-11)13(3)16-21(18,19)9-5-6-15(17)20-4/h7-8,10,13,16H,5-6,9H2,1-4H3. The van der Waals surface area contributed by atoms with Gasteiger partial charge in [0.2, 0.25) is 10.0 Å².